The molecule has 44 heavy (non-hydrogen) atoms. The Morgan fingerprint density at radius 2 is 1.57 bits per heavy atom. The molecule has 6 N–H and O–H groups in total. The number of hydrogen-bond acceptors (Lipinski definition) is 6. The number of likely N-dealkylation sites (N-methyl/N-ethyl adjacent to an activating group) is 1. The lowest BCUT2D eigenvalue weighted by Crippen LogP contribution is -2.44. The molecule has 240 valence electrons. The predicted molar refractivity (Wildman–Crippen MR) is 181 cm³/mol. The molecule has 1 saturated heterocycles. The van der Waals surface area contributed by atoms with Crippen molar-refractivity contribution < 1.29 is 20.2 Å². The normalized spacial score (nSPS) is 14.5. The lowest BCUT2D eigenvalue weighted by Gasteiger charge is -2.40. The van der Waals surface area contributed by atoms with E-state index in [2.05, 4.69) is 27.2 Å². The van der Waals surface area contributed by atoms with Gasteiger partial charge >= 0.3 is 6.01 Å². The lowest BCUT2D eigenvalue weighted by molar-refractivity contribution is 0.0780. The summed E-state index contributed by atoms with van der Waals surface area (Å²) in [6, 6.07) is 25.5. The Morgan fingerprint density at radius 3 is 2.14 bits per heavy atom. The molecule has 0 saturated carbocycles. The number of anilines is 1. The van der Waals surface area contributed by atoms with Crippen LogP contribution >= 0.6 is 48.0 Å². The molecular weight excluding hydrogens is 648 g/mol. The number of halogens is 4. The van der Waals surface area contributed by atoms with Crippen molar-refractivity contribution in [3.05, 3.63) is 111 Å². The van der Waals surface area contributed by atoms with Crippen LogP contribution in [-0.2, 0) is 5.41 Å². The van der Waals surface area contributed by atoms with Crippen molar-refractivity contribution in [2.45, 2.75) is 30.6 Å². The number of nitrogens with zero attached hydrogens (tertiary/aromatic N) is 4. The van der Waals surface area contributed by atoms with E-state index < -0.39 is 0 Å². The third kappa shape index (κ3) is 8.85. The second-order valence-electron chi connectivity index (χ2n) is 10.4. The molecule has 1 fully saturated rings. The topological polar surface area (TPSA) is 151 Å². The molecule has 0 radical (unpaired) electrons. The zero-order valence-electron chi connectivity index (χ0n) is 24.3. The summed E-state index contributed by atoms with van der Waals surface area (Å²) in [6.45, 7) is 3.16. The van der Waals surface area contributed by atoms with Crippen molar-refractivity contribution in [1.29, 1.82) is 0 Å². The monoisotopic (exact) mass is 685 g/mol. The zero-order chi connectivity index (χ0) is 28.1. The van der Waals surface area contributed by atoms with Crippen LogP contribution < -0.4 is 5.73 Å². The van der Waals surface area contributed by atoms with Gasteiger partial charge in [0.15, 0.2) is 0 Å². The van der Waals surface area contributed by atoms with Crippen LogP contribution in [0.25, 0.3) is 0 Å². The summed E-state index contributed by atoms with van der Waals surface area (Å²) < 4.78 is 5.77. The van der Waals surface area contributed by atoms with Crippen LogP contribution in [0, 0.1) is 0 Å². The Kier molecular flexibility index (Phi) is 15.6. The number of nitrogens with two attached hydrogens (primary N) is 1. The Bertz CT molecular complexity index is 1440. The lowest BCUT2D eigenvalue weighted by atomic mass is 9.72. The Balaban J connectivity index is 0.00000242. The van der Waals surface area contributed by atoms with Gasteiger partial charge in [-0.3, -0.25) is 4.79 Å². The molecule has 3 aromatic carbocycles. The predicted octanol–water partition coefficient (Wildman–Crippen LogP) is 5.48. The number of rotatable bonds is 9. The van der Waals surface area contributed by atoms with Gasteiger partial charge in [0.05, 0.1) is 15.5 Å². The maximum absolute atomic E-state index is 13.1. The van der Waals surface area contributed by atoms with Gasteiger partial charge in [-0.15, -0.1) is 29.9 Å². The molecule has 0 aliphatic carbocycles. The first kappa shape index (κ1) is 39.1. The van der Waals surface area contributed by atoms with Gasteiger partial charge in [0.1, 0.15) is 0 Å². The number of amides is 1. The molecule has 1 aromatic heterocycles. The fourth-order valence-electron chi connectivity index (χ4n) is 5.65. The van der Waals surface area contributed by atoms with Crippen LogP contribution in [0.2, 0.25) is 10.0 Å². The van der Waals surface area contributed by atoms with Crippen molar-refractivity contribution in [3.8, 4) is 0 Å². The van der Waals surface area contributed by atoms with Crippen molar-refractivity contribution >= 4 is 59.9 Å². The van der Waals surface area contributed by atoms with Gasteiger partial charge in [0.25, 0.3) is 5.91 Å². The summed E-state index contributed by atoms with van der Waals surface area (Å²) in [5, 5.41) is 9.28. The largest absolute Gasteiger partial charge is 0.412 e. The first-order valence-electron chi connectivity index (χ1n) is 13.5. The molecule has 9 nitrogen and oxygen atoms in total. The second-order valence-corrected chi connectivity index (χ2v) is 11.3. The molecule has 2 heterocycles. The molecule has 0 spiro atoms. The average molecular weight is 687 g/mol. The maximum Gasteiger partial charge on any atom is 0.312 e. The number of carbonyl (C=O) groups excluding carboxylic acids is 1. The van der Waals surface area contributed by atoms with E-state index in [-0.39, 0.29) is 59.0 Å². The summed E-state index contributed by atoms with van der Waals surface area (Å²) in [5.74, 6) is 0.657. The molecular formula is C31H39Cl4N5O4. The average Bonchev–Trinajstić information content (AvgIpc) is 3.44. The molecule has 1 aliphatic heterocycles. The summed E-state index contributed by atoms with van der Waals surface area (Å²) in [5.41, 5.74) is 8.34. The third-order valence-electron chi connectivity index (χ3n) is 7.96. The molecule has 1 amide bonds. The number of likely N-dealkylation sites (tertiary alicyclic amines) is 1. The third-order valence-corrected chi connectivity index (χ3v) is 8.70. The van der Waals surface area contributed by atoms with Crippen molar-refractivity contribution in [3.63, 3.8) is 0 Å². The minimum atomic E-state index is -0.367. The molecule has 1 aliphatic rings. The van der Waals surface area contributed by atoms with E-state index in [1.165, 1.54) is 0 Å². The van der Waals surface area contributed by atoms with E-state index in [1.54, 1.807) is 4.90 Å². The van der Waals surface area contributed by atoms with Crippen LogP contribution in [0.15, 0.2) is 83.3 Å². The van der Waals surface area contributed by atoms with Gasteiger partial charge in [-0.25, -0.2) is 0 Å². The number of piperidine rings is 1. The first-order chi connectivity index (χ1) is 19.4. The molecule has 4 aromatic rings. The van der Waals surface area contributed by atoms with Crippen LogP contribution in [0.3, 0.4) is 0 Å². The van der Waals surface area contributed by atoms with Gasteiger partial charge < -0.3 is 30.9 Å². The zero-order valence-corrected chi connectivity index (χ0v) is 27.4. The number of aromatic nitrogens is 2. The van der Waals surface area contributed by atoms with Crippen molar-refractivity contribution in [2.75, 3.05) is 39.0 Å². The van der Waals surface area contributed by atoms with Crippen LogP contribution in [0.1, 0.15) is 52.6 Å². The molecule has 13 heteroatoms. The number of hydrogen-bond donors (Lipinski definition) is 1. The summed E-state index contributed by atoms with van der Waals surface area (Å²) in [6.07, 6.45) is 2.53. The SMILES string of the molecule is CN(CC(CCN1CCC(c2ccccc2)(c2nnc(N)o2)CC1)c1ccc(Cl)c(Cl)c1)C(=O)c1ccccc1.Cl.Cl.O.O. The Hall–Kier alpha value is -2.89. The summed E-state index contributed by atoms with van der Waals surface area (Å²) in [4.78, 5) is 17.4. The number of carbonyl (C=O) groups is 1. The van der Waals surface area contributed by atoms with Gasteiger partial charge in [0.2, 0.25) is 5.89 Å². The summed E-state index contributed by atoms with van der Waals surface area (Å²) in [7, 11) is 1.85. The van der Waals surface area contributed by atoms with Gasteiger partial charge in [0, 0.05) is 25.1 Å². The minimum absolute atomic E-state index is 0. The van der Waals surface area contributed by atoms with E-state index in [4.69, 9.17) is 33.4 Å². The van der Waals surface area contributed by atoms with E-state index in [9.17, 15) is 4.79 Å². The van der Waals surface area contributed by atoms with E-state index in [1.807, 2.05) is 73.8 Å². The van der Waals surface area contributed by atoms with E-state index in [0.29, 0.717) is 28.0 Å². The number of benzene rings is 3. The molecule has 5 rings (SSSR count). The van der Waals surface area contributed by atoms with Gasteiger partial charge in [-0.05, 0) is 74.3 Å². The smallest absolute Gasteiger partial charge is 0.312 e. The molecule has 0 bridgehead atoms. The first-order valence-corrected chi connectivity index (χ1v) is 14.2. The minimum Gasteiger partial charge on any atom is -0.412 e. The van der Waals surface area contributed by atoms with Gasteiger partial charge in [-0.2, -0.15) is 0 Å². The standard InChI is InChI=1S/C31H33Cl2N5O2.2ClH.2H2O/c1-37(28(39)22-8-4-2-5-9-22)21-24(23-12-13-26(32)27(33)20-23)14-17-38-18-15-31(16-19-38,25-10-6-3-7-11-25)29-35-36-30(34)40-29;;;;/h2-13,20,24H,14-19,21H2,1H3,(H2,34,36);2*1H;2*1H2. The highest BCUT2D eigenvalue weighted by Crippen LogP contribution is 2.41. The summed E-state index contributed by atoms with van der Waals surface area (Å²) >= 11 is 12.6. The fourth-order valence-corrected chi connectivity index (χ4v) is 5.96. The number of nitrogen functional groups attached to an aromatic ring is 1. The van der Waals surface area contributed by atoms with Crippen LogP contribution in [0.5, 0.6) is 0 Å². The molecule has 1 atom stereocenters. The fraction of sp³-hybridized carbons (Fsp3) is 0.323. The Labute approximate surface area is 280 Å². The quantitative estimate of drug-likeness (QED) is 0.246. The van der Waals surface area contributed by atoms with E-state index in [0.717, 1.165) is 50.0 Å². The second kappa shape index (κ2) is 17.6. The molecule has 1 unspecified atom stereocenters. The highest BCUT2D eigenvalue weighted by Gasteiger charge is 2.42. The van der Waals surface area contributed by atoms with Crippen LogP contribution in [-0.4, -0.2) is 70.1 Å². The Morgan fingerprint density at radius 1 is 0.955 bits per heavy atom. The highest BCUT2D eigenvalue weighted by molar-refractivity contribution is 6.42. The maximum atomic E-state index is 13.1. The van der Waals surface area contributed by atoms with Gasteiger partial charge in [-0.1, -0.05) is 82.9 Å². The van der Waals surface area contributed by atoms with E-state index >= 15 is 0 Å². The van der Waals surface area contributed by atoms with Crippen LogP contribution in [0.4, 0.5) is 6.01 Å². The van der Waals surface area contributed by atoms with Crippen molar-refractivity contribution in [1.82, 2.24) is 20.0 Å². The highest BCUT2D eigenvalue weighted by atomic mass is 35.5. The van der Waals surface area contributed by atoms with Crippen molar-refractivity contribution in [2.24, 2.45) is 0 Å².